The number of nitrogens with one attached hydrogen (secondary N) is 1. The van der Waals surface area contributed by atoms with Gasteiger partial charge in [-0.15, -0.1) is 0 Å². The molecule has 1 aliphatic rings. The average Bonchev–Trinajstić information content (AvgIpc) is 2.89. The van der Waals surface area contributed by atoms with Crippen molar-refractivity contribution in [1.29, 1.82) is 0 Å². The van der Waals surface area contributed by atoms with E-state index >= 15 is 0 Å². The van der Waals surface area contributed by atoms with Gasteiger partial charge in [0, 0.05) is 11.0 Å². The molecule has 5 nitrogen and oxygen atoms in total. The molecule has 1 aromatic rings. The van der Waals surface area contributed by atoms with Crippen LogP contribution in [0.1, 0.15) is 12.8 Å². The minimum atomic E-state index is -1.00. The van der Waals surface area contributed by atoms with E-state index in [1.165, 1.54) is 4.90 Å². The Morgan fingerprint density at radius 2 is 2.05 bits per heavy atom. The van der Waals surface area contributed by atoms with E-state index in [4.69, 9.17) is 28.3 Å². The quantitative estimate of drug-likeness (QED) is 0.764. The SMILES string of the molecule is O=C(O)[C@@H]1CCCN1C(=O)Nc1ccc(Br)c(Cl)c1Cl. The molecule has 1 heterocycles. The number of halogens is 3. The maximum atomic E-state index is 12.1. The van der Waals surface area contributed by atoms with Crippen LogP contribution in [-0.2, 0) is 4.79 Å². The molecule has 1 aromatic carbocycles. The third kappa shape index (κ3) is 3.02. The smallest absolute Gasteiger partial charge is 0.326 e. The maximum absolute atomic E-state index is 12.1. The zero-order valence-electron chi connectivity index (χ0n) is 10.2. The molecule has 1 fully saturated rings. The lowest BCUT2D eigenvalue weighted by Crippen LogP contribution is -2.42. The van der Waals surface area contributed by atoms with Crippen LogP contribution in [0.25, 0.3) is 0 Å². The lowest BCUT2D eigenvalue weighted by atomic mass is 10.2. The predicted octanol–water partition coefficient (Wildman–Crippen LogP) is 3.84. The van der Waals surface area contributed by atoms with Crippen molar-refractivity contribution in [1.82, 2.24) is 4.90 Å². The summed E-state index contributed by atoms with van der Waals surface area (Å²) in [7, 11) is 0. The molecule has 1 saturated heterocycles. The van der Waals surface area contributed by atoms with E-state index in [1.807, 2.05) is 0 Å². The van der Waals surface area contributed by atoms with Crippen LogP contribution >= 0.6 is 39.1 Å². The van der Waals surface area contributed by atoms with Crippen molar-refractivity contribution >= 4 is 56.8 Å². The Balaban J connectivity index is 2.16. The van der Waals surface area contributed by atoms with E-state index in [0.717, 1.165) is 0 Å². The molecular formula is C12H11BrCl2N2O3. The summed E-state index contributed by atoms with van der Waals surface area (Å²) in [5, 5.41) is 12.2. The molecule has 8 heteroatoms. The van der Waals surface area contributed by atoms with Crippen molar-refractivity contribution in [2.75, 3.05) is 11.9 Å². The van der Waals surface area contributed by atoms with Gasteiger partial charge in [0.25, 0.3) is 0 Å². The molecule has 0 bridgehead atoms. The molecule has 0 radical (unpaired) electrons. The summed E-state index contributed by atoms with van der Waals surface area (Å²) in [6, 6.07) is 1.97. The van der Waals surface area contributed by atoms with E-state index in [-0.39, 0.29) is 5.02 Å². The van der Waals surface area contributed by atoms with Gasteiger partial charge >= 0.3 is 12.0 Å². The second kappa shape index (κ2) is 6.20. The van der Waals surface area contributed by atoms with Crippen LogP contribution in [0.5, 0.6) is 0 Å². The van der Waals surface area contributed by atoms with E-state index in [1.54, 1.807) is 12.1 Å². The highest BCUT2D eigenvalue weighted by Gasteiger charge is 2.34. The van der Waals surface area contributed by atoms with Gasteiger partial charge in [-0.2, -0.15) is 0 Å². The minimum Gasteiger partial charge on any atom is -0.480 e. The van der Waals surface area contributed by atoms with Crippen LogP contribution in [0.4, 0.5) is 10.5 Å². The highest BCUT2D eigenvalue weighted by Crippen LogP contribution is 2.36. The number of carbonyl (C=O) groups excluding carboxylic acids is 1. The molecule has 2 rings (SSSR count). The lowest BCUT2D eigenvalue weighted by molar-refractivity contribution is -0.141. The summed E-state index contributed by atoms with van der Waals surface area (Å²) in [5.74, 6) is -1.00. The fourth-order valence-electron chi connectivity index (χ4n) is 2.08. The Bertz CT molecular complexity index is 568. The van der Waals surface area contributed by atoms with Gasteiger partial charge in [0.15, 0.2) is 0 Å². The maximum Gasteiger partial charge on any atom is 0.326 e. The molecule has 108 valence electrons. The lowest BCUT2D eigenvalue weighted by Gasteiger charge is -2.22. The summed E-state index contributed by atoms with van der Waals surface area (Å²) in [6.07, 6.45) is 1.12. The Morgan fingerprint density at radius 1 is 1.35 bits per heavy atom. The first-order valence-corrected chi connectivity index (χ1v) is 7.40. The summed E-state index contributed by atoms with van der Waals surface area (Å²) in [6.45, 7) is 0.407. The summed E-state index contributed by atoms with van der Waals surface area (Å²) in [5.41, 5.74) is 0.348. The van der Waals surface area contributed by atoms with Crippen molar-refractivity contribution in [2.45, 2.75) is 18.9 Å². The molecule has 20 heavy (non-hydrogen) atoms. The first kappa shape index (κ1) is 15.4. The highest BCUT2D eigenvalue weighted by molar-refractivity contribution is 9.10. The number of rotatable bonds is 2. The first-order valence-electron chi connectivity index (χ1n) is 5.85. The largest absolute Gasteiger partial charge is 0.480 e. The van der Waals surface area contributed by atoms with E-state index in [0.29, 0.717) is 34.6 Å². The van der Waals surface area contributed by atoms with Gasteiger partial charge in [-0.05, 0) is 40.9 Å². The van der Waals surface area contributed by atoms with Gasteiger partial charge in [0.2, 0.25) is 0 Å². The van der Waals surface area contributed by atoms with Crippen LogP contribution in [0.3, 0.4) is 0 Å². The van der Waals surface area contributed by atoms with Crippen molar-refractivity contribution in [2.24, 2.45) is 0 Å². The van der Waals surface area contributed by atoms with E-state index in [2.05, 4.69) is 21.2 Å². The van der Waals surface area contributed by atoms with Crippen molar-refractivity contribution < 1.29 is 14.7 Å². The number of aliphatic carboxylic acids is 1. The van der Waals surface area contributed by atoms with Gasteiger partial charge in [0.05, 0.1) is 15.7 Å². The summed E-state index contributed by atoms with van der Waals surface area (Å²) >= 11 is 15.2. The molecule has 2 N–H and O–H groups in total. The number of anilines is 1. The zero-order chi connectivity index (χ0) is 14.9. The van der Waals surface area contributed by atoms with Crippen LogP contribution < -0.4 is 5.32 Å². The number of amides is 2. The number of carboxylic acids is 1. The summed E-state index contributed by atoms with van der Waals surface area (Å²) < 4.78 is 0.617. The van der Waals surface area contributed by atoms with Crippen molar-refractivity contribution in [3.8, 4) is 0 Å². The third-order valence-electron chi connectivity index (χ3n) is 3.08. The van der Waals surface area contributed by atoms with Crippen LogP contribution in [0.2, 0.25) is 10.0 Å². The van der Waals surface area contributed by atoms with Gasteiger partial charge < -0.3 is 15.3 Å². The average molecular weight is 382 g/mol. The molecule has 1 atom stereocenters. The Hall–Kier alpha value is -0.980. The summed E-state index contributed by atoms with van der Waals surface area (Å²) in [4.78, 5) is 24.5. The molecule has 1 aliphatic heterocycles. The number of benzene rings is 1. The van der Waals surface area contributed by atoms with Crippen molar-refractivity contribution in [3.63, 3.8) is 0 Å². The van der Waals surface area contributed by atoms with Crippen LogP contribution in [0.15, 0.2) is 16.6 Å². The third-order valence-corrected chi connectivity index (χ3v) is 4.85. The number of urea groups is 1. The monoisotopic (exact) mass is 380 g/mol. The van der Waals surface area contributed by atoms with Crippen LogP contribution in [-0.4, -0.2) is 34.6 Å². The number of carbonyl (C=O) groups is 2. The van der Waals surface area contributed by atoms with Gasteiger partial charge in [0.1, 0.15) is 6.04 Å². The highest BCUT2D eigenvalue weighted by atomic mass is 79.9. The molecule has 0 saturated carbocycles. The molecule has 0 aromatic heterocycles. The molecule has 0 aliphatic carbocycles. The van der Waals surface area contributed by atoms with E-state index in [9.17, 15) is 9.59 Å². The Labute approximate surface area is 134 Å². The molecule has 0 spiro atoms. The second-order valence-electron chi connectivity index (χ2n) is 4.34. The molecular weight excluding hydrogens is 371 g/mol. The van der Waals surface area contributed by atoms with Gasteiger partial charge in [-0.25, -0.2) is 9.59 Å². The first-order chi connectivity index (χ1) is 9.41. The van der Waals surface area contributed by atoms with Crippen molar-refractivity contribution in [3.05, 3.63) is 26.7 Å². The minimum absolute atomic E-state index is 0.209. The Kier molecular flexibility index (Phi) is 4.78. The zero-order valence-corrected chi connectivity index (χ0v) is 13.3. The van der Waals surface area contributed by atoms with E-state index < -0.39 is 18.0 Å². The normalized spacial score (nSPS) is 18.1. The number of likely N-dealkylation sites (tertiary alicyclic amines) is 1. The topological polar surface area (TPSA) is 69.6 Å². The standard InChI is InChI=1S/C12H11BrCl2N2O3/c13-6-3-4-7(10(15)9(6)14)16-12(20)17-5-1-2-8(17)11(18)19/h3-4,8H,1-2,5H2,(H,16,20)(H,18,19)/t8-/m0/s1. The number of hydrogen-bond acceptors (Lipinski definition) is 2. The number of carboxylic acid groups (broad SMARTS) is 1. The Morgan fingerprint density at radius 3 is 2.70 bits per heavy atom. The van der Waals surface area contributed by atoms with Crippen LogP contribution in [0, 0.1) is 0 Å². The number of nitrogens with zero attached hydrogens (tertiary/aromatic N) is 1. The number of hydrogen-bond donors (Lipinski definition) is 2. The molecule has 0 unspecified atom stereocenters. The fourth-order valence-corrected chi connectivity index (χ4v) is 2.90. The van der Waals surface area contributed by atoms with Gasteiger partial charge in [-0.3, -0.25) is 0 Å². The second-order valence-corrected chi connectivity index (χ2v) is 5.95. The van der Waals surface area contributed by atoms with Gasteiger partial charge in [-0.1, -0.05) is 23.2 Å². The molecule has 2 amide bonds. The predicted molar refractivity (Wildman–Crippen MR) is 80.5 cm³/mol. The fraction of sp³-hybridized carbons (Fsp3) is 0.333.